The van der Waals surface area contributed by atoms with Crippen LogP contribution in [0.4, 0.5) is 17.6 Å². The number of halogens is 5. The lowest BCUT2D eigenvalue weighted by atomic mass is 10.1. The molecule has 2 heterocycles. The summed E-state index contributed by atoms with van der Waals surface area (Å²) < 4.78 is 85.2. The fraction of sp³-hybridized carbons (Fsp3) is 0.440. The zero-order valence-electron chi connectivity index (χ0n) is 20.9. The Morgan fingerprint density at radius 2 is 1.90 bits per heavy atom. The molecule has 0 bridgehead atoms. The van der Waals surface area contributed by atoms with Crippen LogP contribution in [0.3, 0.4) is 0 Å². The van der Waals surface area contributed by atoms with E-state index in [9.17, 15) is 26.4 Å². The van der Waals surface area contributed by atoms with Crippen LogP contribution in [0.25, 0.3) is 10.9 Å². The summed E-state index contributed by atoms with van der Waals surface area (Å²) in [5.74, 6) is -2.29. The van der Waals surface area contributed by atoms with Gasteiger partial charge in [0.1, 0.15) is 11.6 Å². The highest BCUT2D eigenvalue weighted by Gasteiger charge is 2.38. The summed E-state index contributed by atoms with van der Waals surface area (Å²) in [7, 11) is -3.84. The maximum absolute atomic E-state index is 15.0. The van der Waals surface area contributed by atoms with Gasteiger partial charge in [-0.25, -0.2) is 17.5 Å². The average Bonchev–Trinajstić information content (AvgIpc) is 3.50. The number of carbonyl (C=O) groups excluding carboxylic acids is 1. The standard InChI is InChI=1S/C25H25ClF4N4O4S/c1-13-20-10-21(24(35)32-39(36,37)19-3-4-19)22(27)11-23(20)34(31-13)17-5-6-33(12-17)14(2)15-7-16(26)9-18(8-15)38-25(28,29)30/h7-11,14,17,19H,3-6,12H2,1-2H3,(H,32,35)/t14-,17?/m1/s1. The molecule has 2 aliphatic rings. The first-order chi connectivity index (χ1) is 18.2. The number of aryl methyl sites for hydroxylation is 1. The number of fused-ring (bicyclic) bond motifs is 1. The number of nitrogens with one attached hydrogen (secondary N) is 1. The number of amides is 1. The first kappa shape index (κ1) is 27.7. The first-order valence-electron chi connectivity index (χ1n) is 12.3. The highest BCUT2D eigenvalue weighted by Crippen LogP contribution is 2.36. The molecule has 2 aromatic carbocycles. The van der Waals surface area contributed by atoms with Crippen molar-refractivity contribution in [2.75, 3.05) is 13.1 Å². The molecule has 1 amide bonds. The van der Waals surface area contributed by atoms with Crippen molar-refractivity contribution in [2.24, 2.45) is 0 Å². The van der Waals surface area contributed by atoms with Gasteiger partial charge >= 0.3 is 6.36 Å². The van der Waals surface area contributed by atoms with Gasteiger partial charge in [-0.3, -0.25) is 14.4 Å². The molecule has 1 N–H and O–H groups in total. The van der Waals surface area contributed by atoms with Crippen LogP contribution in [-0.4, -0.2) is 53.7 Å². The van der Waals surface area contributed by atoms with Crippen LogP contribution >= 0.6 is 11.6 Å². The number of alkyl halides is 3. The molecule has 14 heteroatoms. The van der Waals surface area contributed by atoms with E-state index in [2.05, 4.69) is 14.7 Å². The van der Waals surface area contributed by atoms with Crippen molar-refractivity contribution in [3.05, 3.63) is 58.0 Å². The van der Waals surface area contributed by atoms with Crippen molar-refractivity contribution in [1.82, 2.24) is 19.4 Å². The maximum Gasteiger partial charge on any atom is 0.573 e. The number of hydrogen-bond acceptors (Lipinski definition) is 6. The molecule has 5 rings (SSSR count). The molecule has 39 heavy (non-hydrogen) atoms. The monoisotopic (exact) mass is 588 g/mol. The van der Waals surface area contributed by atoms with Gasteiger partial charge in [0.2, 0.25) is 10.0 Å². The number of rotatable bonds is 7. The minimum Gasteiger partial charge on any atom is -0.406 e. The van der Waals surface area contributed by atoms with Gasteiger partial charge in [-0.15, -0.1) is 13.2 Å². The Hall–Kier alpha value is -2.90. The van der Waals surface area contributed by atoms with Crippen LogP contribution < -0.4 is 9.46 Å². The topological polar surface area (TPSA) is 93.5 Å². The van der Waals surface area contributed by atoms with Gasteiger partial charge in [-0.2, -0.15) is 5.10 Å². The largest absolute Gasteiger partial charge is 0.573 e. The van der Waals surface area contributed by atoms with E-state index in [1.54, 1.807) is 17.7 Å². The third-order valence-corrected chi connectivity index (χ3v) is 9.16. The van der Waals surface area contributed by atoms with E-state index < -0.39 is 39.1 Å². The van der Waals surface area contributed by atoms with Gasteiger partial charge in [0.15, 0.2) is 0 Å². The molecule has 2 atom stereocenters. The Morgan fingerprint density at radius 1 is 1.18 bits per heavy atom. The van der Waals surface area contributed by atoms with E-state index in [-0.39, 0.29) is 22.7 Å². The Labute approximate surface area is 226 Å². The van der Waals surface area contributed by atoms with E-state index in [0.29, 0.717) is 54.5 Å². The lowest BCUT2D eigenvalue weighted by Crippen LogP contribution is -2.33. The SMILES string of the molecule is Cc1nn(C2CCN([C@H](C)c3cc(Cl)cc(OC(F)(F)F)c3)C2)c2cc(F)c(C(=O)NS(=O)(=O)C3CC3)cc12. The lowest BCUT2D eigenvalue weighted by Gasteiger charge is -2.25. The Kier molecular flexibility index (Phi) is 7.04. The second kappa shape index (κ2) is 9.93. The molecule has 2 fully saturated rings. The summed E-state index contributed by atoms with van der Waals surface area (Å²) in [4.78, 5) is 14.6. The van der Waals surface area contributed by atoms with Crippen LogP contribution in [0.5, 0.6) is 5.75 Å². The number of sulfonamides is 1. The van der Waals surface area contributed by atoms with E-state index in [1.807, 2.05) is 11.6 Å². The van der Waals surface area contributed by atoms with E-state index in [4.69, 9.17) is 11.6 Å². The van der Waals surface area contributed by atoms with Gasteiger partial charge in [0.25, 0.3) is 5.91 Å². The normalized spacial score (nSPS) is 19.4. The molecule has 1 saturated heterocycles. The molecule has 0 radical (unpaired) electrons. The van der Waals surface area contributed by atoms with Crippen LogP contribution in [0, 0.1) is 12.7 Å². The predicted octanol–water partition coefficient (Wildman–Crippen LogP) is 5.27. The summed E-state index contributed by atoms with van der Waals surface area (Å²) in [5, 5.41) is 4.57. The second-order valence-electron chi connectivity index (χ2n) is 9.94. The highest BCUT2D eigenvalue weighted by molar-refractivity contribution is 7.91. The molecule has 0 spiro atoms. The van der Waals surface area contributed by atoms with Crippen molar-refractivity contribution in [3.8, 4) is 5.75 Å². The molecule has 1 unspecified atom stereocenters. The summed E-state index contributed by atoms with van der Waals surface area (Å²) in [5.41, 5.74) is 1.16. The molecule has 1 aliphatic carbocycles. The van der Waals surface area contributed by atoms with Gasteiger partial charge in [0.05, 0.1) is 28.1 Å². The summed E-state index contributed by atoms with van der Waals surface area (Å²) >= 11 is 6.05. The van der Waals surface area contributed by atoms with Crippen molar-refractivity contribution in [2.45, 2.75) is 56.8 Å². The molecule has 3 aromatic rings. The zero-order chi connectivity index (χ0) is 28.3. The number of ether oxygens (including phenoxy) is 1. The fourth-order valence-electron chi connectivity index (χ4n) is 4.96. The minimum atomic E-state index is -4.84. The first-order valence-corrected chi connectivity index (χ1v) is 14.2. The van der Waals surface area contributed by atoms with Crippen LogP contribution in [0.15, 0.2) is 30.3 Å². The molecule has 1 aromatic heterocycles. The van der Waals surface area contributed by atoms with Gasteiger partial charge < -0.3 is 4.74 Å². The van der Waals surface area contributed by atoms with Crippen LogP contribution in [0.1, 0.15) is 59.9 Å². The van der Waals surface area contributed by atoms with Crippen LogP contribution in [0.2, 0.25) is 5.02 Å². The summed E-state index contributed by atoms with van der Waals surface area (Å²) in [6.07, 6.45) is -3.28. The minimum absolute atomic E-state index is 0.114. The van der Waals surface area contributed by atoms with Crippen molar-refractivity contribution >= 4 is 38.4 Å². The molecule has 1 saturated carbocycles. The number of carbonyl (C=O) groups is 1. The average molecular weight is 589 g/mol. The highest BCUT2D eigenvalue weighted by atomic mass is 35.5. The lowest BCUT2D eigenvalue weighted by molar-refractivity contribution is -0.274. The Morgan fingerprint density at radius 3 is 2.56 bits per heavy atom. The summed E-state index contributed by atoms with van der Waals surface area (Å²) in [6.45, 7) is 4.63. The molecule has 210 valence electrons. The quantitative estimate of drug-likeness (QED) is 0.378. The molecular weight excluding hydrogens is 564 g/mol. The summed E-state index contributed by atoms with van der Waals surface area (Å²) in [6, 6.07) is 6.00. The molecule has 8 nitrogen and oxygen atoms in total. The van der Waals surface area contributed by atoms with E-state index >= 15 is 4.39 Å². The van der Waals surface area contributed by atoms with Gasteiger partial charge in [0, 0.05) is 35.6 Å². The third kappa shape index (κ3) is 5.85. The number of aromatic nitrogens is 2. The van der Waals surface area contributed by atoms with Crippen molar-refractivity contribution < 1.29 is 35.5 Å². The van der Waals surface area contributed by atoms with Crippen molar-refractivity contribution in [3.63, 3.8) is 0 Å². The smallest absolute Gasteiger partial charge is 0.406 e. The Bertz CT molecular complexity index is 1560. The number of likely N-dealkylation sites (tertiary alicyclic amines) is 1. The molecular formula is C25H25ClF4N4O4S. The van der Waals surface area contributed by atoms with Gasteiger partial charge in [-0.05, 0) is 62.9 Å². The maximum atomic E-state index is 15.0. The van der Waals surface area contributed by atoms with Crippen LogP contribution in [-0.2, 0) is 10.0 Å². The fourth-order valence-corrected chi connectivity index (χ4v) is 6.48. The zero-order valence-corrected chi connectivity index (χ0v) is 22.5. The Balaban J connectivity index is 1.36. The third-order valence-electron chi connectivity index (χ3n) is 7.12. The molecule has 1 aliphatic heterocycles. The second-order valence-corrected chi connectivity index (χ2v) is 12.3. The van der Waals surface area contributed by atoms with Gasteiger partial charge in [-0.1, -0.05) is 11.6 Å². The van der Waals surface area contributed by atoms with Crippen molar-refractivity contribution in [1.29, 1.82) is 0 Å². The number of benzene rings is 2. The number of nitrogens with zero attached hydrogens (tertiary/aromatic N) is 3. The number of hydrogen-bond donors (Lipinski definition) is 1. The van der Waals surface area contributed by atoms with E-state index in [1.165, 1.54) is 18.2 Å². The van der Waals surface area contributed by atoms with E-state index in [0.717, 1.165) is 6.07 Å². The predicted molar refractivity (Wildman–Crippen MR) is 136 cm³/mol.